The molecule has 4 aliphatic rings. The minimum atomic E-state index is 0.279. The highest BCUT2D eigenvalue weighted by molar-refractivity contribution is 5.83. The first-order valence-corrected chi connectivity index (χ1v) is 10.0. The third-order valence-corrected chi connectivity index (χ3v) is 7.09. The van der Waals surface area contributed by atoms with Gasteiger partial charge >= 0.3 is 0 Å². The maximum atomic E-state index is 12.6. The number of aromatic nitrogens is 1. The minimum absolute atomic E-state index is 0.279. The SMILES string of the molecule is O=C(CC12CC3CC(CC(C3)C1)C2)NCCc1c[nH]c2ccccc12. The molecule has 1 aromatic heterocycles. The lowest BCUT2D eigenvalue weighted by molar-refractivity contribution is -0.129. The Bertz CT molecular complexity index is 755. The van der Waals surface area contributed by atoms with Crippen molar-refractivity contribution in [2.24, 2.45) is 23.2 Å². The second kappa shape index (κ2) is 5.89. The number of amides is 1. The van der Waals surface area contributed by atoms with E-state index in [2.05, 4.69) is 40.8 Å². The van der Waals surface area contributed by atoms with Crippen LogP contribution in [0.15, 0.2) is 30.5 Å². The number of fused-ring (bicyclic) bond motifs is 1. The molecule has 1 amide bonds. The Morgan fingerprint density at radius 2 is 1.76 bits per heavy atom. The van der Waals surface area contributed by atoms with E-state index in [0.29, 0.717) is 5.41 Å². The number of nitrogens with one attached hydrogen (secondary N) is 2. The van der Waals surface area contributed by atoms with Gasteiger partial charge in [-0.2, -0.15) is 0 Å². The van der Waals surface area contributed by atoms with Crippen LogP contribution in [0.2, 0.25) is 0 Å². The molecule has 25 heavy (non-hydrogen) atoms. The average Bonchev–Trinajstić information content (AvgIpc) is 2.96. The fraction of sp³-hybridized carbons (Fsp3) is 0.591. The van der Waals surface area contributed by atoms with Crippen LogP contribution in [0.25, 0.3) is 10.9 Å². The monoisotopic (exact) mass is 336 g/mol. The summed E-state index contributed by atoms with van der Waals surface area (Å²) in [7, 11) is 0. The van der Waals surface area contributed by atoms with Gasteiger partial charge in [-0.1, -0.05) is 18.2 Å². The normalized spacial score (nSPS) is 33.0. The molecule has 0 saturated heterocycles. The molecule has 4 fully saturated rings. The van der Waals surface area contributed by atoms with Crippen molar-refractivity contribution in [1.82, 2.24) is 10.3 Å². The molecule has 0 spiro atoms. The number of carbonyl (C=O) groups is 1. The smallest absolute Gasteiger partial charge is 0.220 e. The summed E-state index contributed by atoms with van der Waals surface area (Å²) in [6.45, 7) is 0.743. The molecule has 6 rings (SSSR count). The highest BCUT2D eigenvalue weighted by atomic mass is 16.1. The van der Waals surface area contributed by atoms with E-state index in [9.17, 15) is 4.79 Å². The Morgan fingerprint density at radius 3 is 2.48 bits per heavy atom. The second-order valence-electron chi connectivity index (χ2n) is 9.05. The summed E-state index contributed by atoms with van der Waals surface area (Å²) in [6.07, 6.45) is 12.0. The van der Waals surface area contributed by atoms with Crippen LogP contribution >= 0.6 is 0 Å². The fourth-order valence-corrected chi connectivity index (χ4v) is 6.58. The molecule has 3 nitrogen and oxygen atoms in total. The summed E-state index contributed by atoms with van der Waals surface area (Å²) in [4.78, 5) is 15.9. The number of H-pyrrole nitrogens is 1. The number of hydrogen-bond acceptors (Lipinski definition) is 1. The van der Waals surface area contributed by atoms with Crippen molar-refractivity contribution < 1.29 is 4.79 Å². The van der Waals surface area contributed by atoms with Crippen molar-refractivity contribution in [3.05, 3.63) is 36.0 Å². The zero-order valence-electron chi connectivity index (χ0n) is 14.9. The zero-order chi connectivity index (χ0) is 16.9. The van der Waals surface area contributed by atoms with Gasteiger partial charge in [0, 0.05) is 30.1 Å². The van der Waals surface area contributed by atoms with Gasteiger partial charge in [-0.3, -0.25) is 4.79 Å². The van der Waals surface area contributed by atoms with Crippen LogP contribution in [-0.4, -0.2) is 17.4 Å². The van der Waals surface area contributed by atoms with Gasteiger partial charge in [-0.25, -0.2) is 0 Å². The second-order valence-corrected chi connectivity index (χ2v) is 9.05. The number of carbonyl (C=O) groups excluding carboxylic acids is 1. The van der Waals surface area contributed by atoms with Gasteiger partial charge in [0.25, 0.3) is 0 Å². The average molecular weight is 336 g/mol. The van der Waals surface area contributed by atoms with Crippen molar-refractivity contribution in [2.45, 2.75) is 51.4 Å². The standard InChI is InChI=1S/C22H28N2O/c25-21(13-22-10-15-7-16(11-22)9-17(8-15)12-22)23-6-5-18-14-24-20-4-2-1-3-19(18)20/h1-4,14-17,24H,5-13H2,(H,23,25). The van der Waals surface area contributed by atoms with Gasteiger partial charge in [-0.15, -0.1) is 0 Å². The summed E-state index contributed by atoms with van der Waals surface area (Å²) in [6, 6.07) is 8.38. The number of hydrogen-bond donors (Lipinski definition) is 2. The van der Waals surface area contributed by atoms with Gasteiger partial charge in [0.2, 0.25) is 5.91 Å². The lowest BCUT2D eigenvalue weighted by Gasteiger charge is -2.56. The topological polar surface area (TPSA) is 44.9 Å². The van der Waals surface area contributed by atoms with Crippen LogP contribution in [0.3, 0.4) is 0 Å². The largest absolute Gasteiger partial charge is 0.361 e. The van der Waals surface area contributed by atoms with Gasteiger partial charge in [0.15, 0.2) is 0 Å². The van der Waals surface area contributed by atoms with E-state index >= 15 is 0 Å². The summed E-state index contributed by atoms with van der Waals surface area (Å²) in [5.41, 5.74) is 2.82. The maximum Gasteiger partial charge on any atom is 0.220 e. The Balaban J connectivity index is 1.18. The first-order chi connectivity index (χ1) is 12.2. The maximum absolute atomic E-state index is 12.6. The van der Waals surface area contributed by atoms with E-state index < -0.39 is 0 Å². The van der Waals surface area contributed by atoms with E-state index in [-0.39, 0.29) is 5.91 Å². The molecule has 0 unspecified atom stereocenters. The van der Waals surface area contributed by atoms with Crippen molar-refractivity contribution >= 4 is 16.8 Å². The summed E-state index contributed by atoms with van der Waals surface area (Å²) in [5, 5.41) is 4.48. The molecule has 1 aromatic carbocycles. The van der Waals surface area contributed by atoms with E-state index in [1.54, 1.807) is 0 Å². The van der Waals surface area contributed by atoms with Crippen molar-refractivity contribution in [3.8, 4) is 0 Å². The lowest BCUT2D eigenvalue weighted by Crippen LogP contribution is -2.48. The van der Waals surface area contributed by atoms with Crippen LogP contribution in [0.5, 0.6) is 0 Å². The molecule has 4 saturated carbocycles. The predicted octanol–water partition coefficient (Wildman–Crippen LogP) is 4.43. The summed E-state index contributed by atoms with van der Waals surface area (Å²) in [5.74, 6) is 3.04. The van der Waals surface area contributed by atoms with Crippen LogP contribution < -0.4 is 5.32 Å². The Labute approximate surface area is 149 Å². The molecule has 0 atom stereocenters. The third kappa shape index (κ3) is 2.88. The predicted molar refractivity (Wildman–Crippen MR) is 100 cm³/mol. The van der Waals surface area contributed by atoms with Crippen LogP contribution in [0.1, 0.15) is 50.5 Å². The first-order valence-electron chi connectivity index (χ1n) is 10.0. The Hall–Kier alpha value is -1.77. The third-order valence-electron chi connectivity index (χ3n) is 7.09. The van der Waals surface area contributed by atoms with Crippen LogP contribution in [0, 0.1) is 23.2 Å². The molecular formula is C22H28N2O. The molecule has 3 heteroatoms. The molecule has 0 aliphatic heterocycles. The molecule has 1 heterocycles. The zero-order valence-corrected chi connectivity index (χ0v) is 14.9. The van der Waals surface area contributed by atoms with E-state index in [0.717, 1.165) is 37.1 Å². The molecule has 4 bridgehead atoms. The minimum Gasteiger partial charge on any atom is -0.361 e. The van der Waals surface area contributed by atoms with Gasteiger partial charge in [-0.05, 0) is 79.7 Å². The van der Waals surface area contributed by atoms with Crippen molar-refractivity contribution in [2.75, 3.05) is 6.54 Å². The molecule has 2 N–H and O–H groups in total. The van der Waals surface area contributed by atoms with Crippen molar-refractivity contribution in [1.29, 1.82) is 0 Å². The molecular weight excluding hydrogens is 308 g/mol. The summed E-state index contributed by atoms with van der Waals surface area (Å²) >= 11 is 0. The Morgan fingerprint density at radius 1 is 1.08 bits per heavy atom. The number of para-hydroxylation sites is 1. The molecule has 132 valence electrons. The van der Waals surface area contributed by atoms with Crippen molar-refractivity contribution in [3.63, 3.8) is 0 Å². The number of rotatable bonds is 5. The van der Waals surface area contributed by atoms with Gasteiger partial charge < -0.3 is 10.3 Å². The van der Waals surface area contributed by atoms with E-state index in [4.69, 9.17) is 0 Å². The molecule has 2 aromatic rings. The summed E-state index contributed by atoms with van der Waals surface area (Å²) < 4.78 is 0. The number of aromatic amines is 1. The van der Waals surface area contributed by atoms with Crippen LogP contribution in [-0.2, 0) is 11.2 Å². The first kappa shape index (κ1) is 15.5. The van der Waals surface area contributed by atoms with E-state index in [1.807, 2.05) is 0 Å². The van der Waals surface area contributed by atoms with Gasteiger partial charge in [0.1, 0.15) is 0 Å². The Kier molecular flexibility index (Phi) is 3.65. The van der Waals surface area contributed by atoms with E-state index in [1.165, 1.54) is 55.0 Å². The van der Waals surface area contributed by atoms with Gasteiger partial charge in [0.05, 0.1) is 0 Å². The highest BCUT2D eigenvalue weighted by Gasteiger charge is 2.51. The molecule has 4 aliphatic carbocycles. The molecule has 0 radical (unpaired) electrons. The highest BCUT2D eigenvalue weighted by Crippen LogP contribution is 2.61. The fourth-order valence-electron chi connectivity index (χ4n) is 6.58. The lowest BCUT2D eigenvalue weighted by atomic mass is 9.49. The quantitative estimate of drug-likeness (QED) is 0.833. The van der Waals surface area contributed by atoms with Crippen LogP contribution in [0.4, 0.5) is 0 Å². The number of benzene rings is 1.